The molecular weight excluding hydrogens is 83.5 g/mol. The molecule has 0 amide bonds. The molecule has 0 aromatic rings. The Bertz CT molecular complexity index is 63.7. The molecule has 0 unspecified atom stereocenters. The smallest absolute Gasteiger partial charge is 0.0560 e. The average Bonchev–Trinajstić information content (AvgIpc) is 1.38. The van der Waals surface area contributed by atoms with Crippen LogP contribution in [0.25, 0.3) is 0 Å². The van der Waals surface area contributed by atoms with Crippen molar-refractivity contribution < 1.29 is 0 Å². The molecule has 0 bridgehead atoms. The highest BCUT2D eigenvalue weighted by Gasteiger charge is 1.61. The first-order valence-electron chi connectivity index (χ1n) is 1.29. The second-order valence-electron chi connectivity index (χ2n) is 0.710. The second kappa shape index (κ2) is 2.07. The second-order valence-corrected chi connectivity index (χ2v) is 1.28. The van der Waals surface area contributed by atoms with Crippen LogP contribution in [-0.4, -0.2) is 0 Å². The van der Waals surface area contributed by atoms with Gasteiger partial charge in [-0.25, -0.2) is 0 Å². The Morgan fingerprint density at radius 3 is 2.20 bits per heavy atom. The molecule has 28 valence electrons. The molecule has 0 nitrogen and oxygen atoms in total. The lowest BCUT2D eigenvalue weighted by molar-refractivity contribution is 1.70. The van der Waals surface area contributed by atoms with Crippen LogP contribution in [0.3, 0.4) is 0 Å². The SMILES string of the molecule is C=C=C(C)Cl. The molecule has 0 N–H and O–H groups in total. The van der Waals surface area contributed by atoms with Crippen molar-refractivity contribution in [3.05, 3.63) is 17.3 Å². The standard InChI is InChI=1S/C4H5Cl/c1-3-4(2)5/h1H2,2H3. The normalized spacial score (nSPS) is 6.00. The molecule has 0 saturated carbocycles. The van der Waals surface area contributed by atoms with E-state index in [-0.39, 0.29) is 0 Å². The van der Waals surface area contributed by atoms with Crippen molar-refractivity contribution >= 4 is 11.6 Å². The van der Waals surface area contributed by atoms with Gasteiger partial charge in [-0.05, 0) is 6.92 Å². The highest BCUT2D eigenvalue weighted by atomic mass is 35.5. The van der Waals surface area contributed by atoms with Crippen molar-refractivity contribution in [1.29, 1.82) is 0 Å². The van der Waals surface area contributed by atoms with Crippen LogP contribution in [0, 0.1) is 0 Å². The van der Waals surface area contributed by atoms with Crippen LogP contribution in [0.2, 0.25) is 0 Å². The van der Waals surface area contributed by atoms with Crippen LogP contribution in [0.15, 0.2) is 17.3 Å². The molecule has 0 spiro atoms. The lowest BCUT2D eigenvalue weighted by atomic mass is 10.7. The molecule has 0 aliphatic rings. The third kappa shape index (κ3) is 3.81. The summed E-state index contributed by atoms with van der Waals surface area (Å²) in [5, 5.41) is 0.616. The van der Waals surface area contributed by atoms with Crippen LogP contribution in [0.1, 0.15) is 6.92 Å². The predicted octanol–water partition coefficient (Wildman–Crippen LogP) is 1.91. The van der Waals surface area contributed by atoms with Crippen molar-refractivity contribution in [1.82, 2.24) is 0 Å². The van der Waals surface area contributed by atoms with E-state index in [4.69, 9.17) is 11.6 Å². The van der Waals surface area contributed by atoms with E-state index in [9.17, 15) is 0 Å². The number of allylic oxidation sites excluding steroid dienone is 1. The summed E-state index contributed by atoms with van der Waals surface area (Å²) >= 11 is 5.21. The van der Waals surface area contributed by atoms with Gasteiger partial charge in [-0.2, -0.15) is 0 Å². The van der Waals surface area contributed by atoms with Crippen molar-refractivity contribution in [2.75, 3.05) is 0 Å². The number of hydrogen-bond donors (Lipinski definition) is 0. The topological polar surface area (TPSA) is 0 Å². The molecule has 5 heavy (non-hydrogen) atoms. The lowest BCUT2D eigenvalue weighted by Crippen LogP contribution is -1.39. The van der Waals surface area contributed by atoms with E-state index >= 15 is 0 Å². The monoisotopic (exact) mass is 88.0 g/mol. The van der Waals surface area contributed by atoms with Gasteiger partial charge in [0.2, 0.25) is 0 Å². The van der Waals surface area contributed by atoms with E-state index in [1.54, 1.807) is 6.92 Å². The van der Waals surface area contributed by atoms with Gasteiger partial charge < -0.3 is 0 Å². The molecule has 0 atom stereocenters. The van der Waals surface area contributed by atoms with E-state index in [0.29, 0.717) is 5.03 Å². The van der Waals surface area contributed by atoms with E-state index in [2.05, 4.69) is 12.3 Å². The summed E-state index contributed by atoms with van der Waals surface area (Å²) < 4.78 is 0. The quantitative estimate of drug-likeness (QED) is 0.397. The fourth-order valence-electron chi connectivity index (χ4n) is 0. The minimum atomic E-state index is 0.616. The lowest BCUT2D eigenvalue weighted by Gasteiger charge is -1.63. The Hall–Kier alpha value is -0.190. The average molecular weight is 88.5 g/mol. The van der Waals surface area contributed by atoms with Gasteiger partial charge in [0.25, 0.3) is 0 Å². The first-order valence-corrected chi connectivity index (χ1v) is 1.67. The summed E-state index contributed by atoms with van der Waals surface area (Å²) in [6.07, 6.45) is 0. The summed E-state index contributed by atoms with van der Waals surface area (Å²) in [4.78, 5) is 0. The zero-order valence-corrected chi connectivity index (χ0v) is 3.84. The minimum absolute atomic E-state index is 0.616. The van der Waals surface area contributed by atoms with Crippen LogP contribution in [0.5, 0.6) is 0 Å². The highest BCUT2D eigenvalue weighted by molar-refractivity contribution is 6.29. The summed E-state index contributed by atoms with van der Waals surface area (Å²) in [5.74, 6) is 0. The molecule has 0 fully saturated rings. The van der Waals surface area contributed by atoms with Gasteiger partial charge in [-0.3, -0.25) is 0 Å². The number of hydrogen-bond acceptors (Lipinski definition) is 0. The van der Waals surface area contributed by atoms with Gasteiger partial charge in [0.05, 0.1) is 5.03 Å². The fourth-order valence-corrected chi connectivity index (χ4v) is 0. The summed E-state index contributed by atoms with van der Waals surface area (Å²) in [6, 6.07) is 0. The van der Waals surface area contributed by atoms with Gasteiger partial charge in [0.1, 0.15) is 0 Å². The van der Waals surface area contributed by atoms with Crippen molar-refractivity contribution in [3.8, 4) is 0 Å². The van der Waals surface area contributed by atoms with Crippen molar-refractivity contribution in [2.45, 2.75) is 6.92 Å². The summed E-state index contributed by atoms with van der Waals surface area (Å²) in [6.45, 7) is 5.00. The molecule has 0 rings (SSSR count). The van der Waals surface area contributed by atoms with Crippen molar-refractivity contribution in [3.63, 3.8) is 0 Å². The first-order chi connectivity index (χ1) is 2.27. The van der Waals surface area contributed by atoms with Crippen LogP contribution >= 0.6 is 11.6 Å². The van der Waals surface area contributed by atoms with Gasteiger partial charge in [-0.1, -0.05) is 18.2 Å². The predicted molar refractivity (Wildman–Crippen MR) is 24.2 cm³/mol. The van der Waals surface area contributed by atoms with E-state index < -0.39 is 0 Å². The summed E-state index contributed by atoms with van der Waals surface area (Å²) in [7, 11) is 0. The third-order valence-corrected chi connectivity index (χ3v) is 0.377. The Morgan fingerprint density at radius 2 is 2.20 bits per heavy atom. The number of halogens is 1. The zero-order chi connectivity index (χ0) is 4.28. The zero-order valence-electron chi connectivity index (χ0n) is 3.09. The molecule has 0 aromatic heterocycles. The third-order valence-electron chi connectivity index (χ3n) is 0.244. The molecular formula is C4H5Cl. The Morgan fingerprint density at radius 1 is 2.00 bits per heavy atom. The fraction of sp³-hybridized carbons (Fsp3) is 0.250. The van der Waals surface area contributed by atoms with E-state index in [1.165, 1.54) is 0 Å². The van der Waals surface area contributed by atoms with Crippen LogP contribution < -0.4 is 0 Å². The first kappa shape index (κ1) is 4.81. The molecule has 0 aliphatic carbocycles. The number of rotatable bonds is 0. The summed E-state index contributed by atoms with van der Waals surface area (Å²) in [5.41, 5.74) is 2.46. The van der Waals surface area contributed by atoms with Gasteiger partial charge in [0, 0.05) is 0 Å². The minimum Gasteiger partial charge on any atom is -0.113 e. The maximum atomic E-state index is 5.21. The molecule has 1 heteroatoms. The Labute approximate surface area is 36.8 Å². The largest absolute Gasteiger partial charge is 0.113 e. The molecule has 0 radical (unpaired) electrons. The van der Waals surface area contributed by atoms with Crippen LogP contribution in [0.4, 0.5) is 0 Å². The van der Waals surface area contributed by atoms with E-state index in [0.717, 1.165) is 0 Å². The molecule has 0 saturated heterocycles. The highest BCUT2D eigenvalue weighted by Crippen LogP contribution is 1.90. The maximum Gasteiger partial charge on any atom is 0.0560 e. The molecule has 0 aliphatic heterocycles. The van der Waals surface area contributed by atoms with Gasteiger partial charge in [-0.15, -0.1) is 5.73 Å². The van der Waals surface area contributed by atoms with Gasteiger partial charge >= 0.3 is 0 Å². The Balaban J connectivity index is 3.60. The van der Waals surface area contributed by atoms with Crippen LogP contribution in [-0.2, 0) is 0 Å². The molecule has 0 heterocycles. The Kier molecular flexibility index (Phi) is 1.99. The molecule has 0 aromatic carbocycles. The van der Waals surface area contributed by atoms with Crippen molar-refractivity contribution in [2.24, 2.45) is 0 Å². The van der Waals surface area contributed by atoms with Gasteiger partial charge in [0.15, 0.2) is 0 Å². The maximum absolute atomic E-state index is 5.21. The van der Waals surface area contributed by atoms with E-state index in [1.807, 2.05) is 0 Å².